The molecule has 0 unspecified atom stereocenters. The minimum absolute atomic E-state index is 0.0105. The van der Waals surface area contributed by atoms with Crippen molar-refractivity contribution in [1.82, 2.24) is 20.4 Å². The molecule has 2 aliphatic heterocycles. The number of carbonyl (C=O) groups is 1. The number of aliphatic imine (C=N–C) groups is 1. The molecule has 0 aromatic rings. The molecule has 30 heavy (non-hydrogen) atoms. The van der Waals surface area contributed by atoms with E-state index < -0.39 is 24.4 Å². The summed E-state index contributed by atoms with van der Waals surface area (Å²) in [6, 6.07) is 0.0105. The molecule has 0 aliphatic carbocycles. The number of hydrogen-bond donors (Lipinski definition) is 2. The van der Waals surface area contributed by atoms with Crippen molar-refractivity contribution < 1.29 is 22.7 Å². The minimum Gasteiger partial charge on any atom is -0.444 e. The second-order valence-corrected chi connectivity index (χ2v) is 9.18. The number of nitrogens with zero attached hydrogens (tertiary/aromatic N) is 3. The Morgan fingerprint density at radius 1 is 1.13 bits per heavy atom. The predicted octanol–water partition coefficient (Wildman–Crippen LogP) is 2.83. The van der Waals surface area contributed by atoms with E-state index in [0.717, 1.165) is 44.7 Å². The van der Waals surface area contributed by atoms with Gasteiger partial charge < -0.3 is 20.3 Å². The smallest absolute Gasteiger partial charge is 0.407 e. The first-order chi connectivity index (χ1) is 13.9. The third-order valence-corrected chi connectivity index (χ3v) is 5.37. The second-order valence-electron chi connectivity index (χ2n) is 9.18. The molecule has 2 aliphatic rings. The molecule has 2 fully saturated rings. The van der Waals surface area contributed by atoms with Gasteiger partial charge in [0.25, 0.3) is 0 Å². The molecule has 1 amide bonds. The SMILES string of the molecule is CN=C(NCCC1CCN(CC(F)(F)F)CC1)N1CC[C@@H](NC(=O)OC(C)(C)C)C1. The van der Waals surface area contributed by atoms with E-state index >= 15 is 0 Å². The summed E-state index contributed by atoms with van der Waals surface area (Å²) in [5.74, 6) is 1.22. The lowest BCUT2D eigenvalue weighted by atomic mass is 9.93. The maximum Gasteiger partial charge on any atom is 0.407 e. The first-order valence-corrected chi connectivity index (χ1v) is 10.7. The highest BCUT2D eigenvalue weighted by Crippen LogP contribution is 2.24. The van der Waals surface area contributed by atoms with Gasteiger partial charge in [0.2, 0.25) is 0 Å². The number of amides is 1. The van der Waals surface area contributed by atoms with Crippen LogP contribution >= 0.6 is 0 Å². The van der Waals surface area contributed by atoms with E-state index in [1.165, 1.54) is 4.90 Å². The lowest BCUT2D eigenvalue weighted by Gasteiger charge is -2.32. The van der Waals surface area contributed by atoms with E-state index in [2.05, 4.69) is 20.5 Å². The Morgan fingerprint density at radius 3 is 2.37 bits per heavy atom. The maximum atomic E-state index is 12.5. The lowest BCUT2D eigenvalue weighted by Crippen LogP contribution is -2.45. The number of ether oxygens (including phenoxy) is 1. The van der Waals surface area contributed by atoms with Crippen molar-refractivity contribution in [3.8, 4) is 0 Å². The Morgan fingerprint density at radius 2 is 1.80 bits per heavy atom. The van der Waals surface area contributed by atoms with Crippen molar-refractivity contribution >= 4 is 12.1 Å². The zero-order valence-corrected chi connectivity index (χ0v) is 18.5. The Labute approximate surface area is 177 Å². The minimum atomic E-state index is -4.12. The Bertz CT molecular complexity index is 584. The van der Waals surface area contributed by atoms with Gasteiger partial charge in [0.1, 0.15) is 5.60 Å². The first kappa shape index (κ1) is 24.6. The molecule has 2 saturated heterocycles. The fourth-order valence-corrected chi connectivity index (χ4v) is 3.95. The van der Waals surface area contributed by atoms with Crippen molar-refractivity contribution in [1.29, 1.82) is 0 Å². The van der Waals surface area contributed by atoms with Gasteiger partial charge in [-0.1, -0.05) is 0 Å². The monoisotopic (exact) mass is 435 g/mol. The molecule has 2 heterocycles. The molecule has 1 atom stereocenters. The molecule has 0 spiro atoms. The van der Waals surface area contributed by atoms with Gasteiger partial charge in [-0.25, -0.2) is 4.79 Å². The Balaban J connectivity index is 1.66. The number of rotatable bonds is 5. The summed E-state index contributed by atoms with van der Waals surface area (Å²) in [4.78, 5) is 19.9. The van der Waals surface area contributed by atoms with Gasteiger partial charge in [0, 0.05) is 26.7 Å². The highest BCUT2D eigenvalue weighted by Gasteiger charge is 2.32. The van der Waals surface area contributed by atoms with Crippen molar-refractivity contribution in [2.75, 3.05) is 46.3 Å². The van der Waals surface area contributed by atoms with Crippen LogP contribution in [0.2, 0.25) is 0 Å². The molecular formula is C20H36F3N5O2. The van der Waals surface area contributed by atoms with E-state index in [1.54, 1.807) is 7.05 Å². The van der Waals surface area contributed by atoms with Crippen LogP contribution in [0.4, 0.5) is 18.0 Å². The van der Waals surface area contributed by atoms with Crippen molar-refractivity contribution in [2.45, 2.75) is 64.3 Å². The quantitative estimate of drug-likeness (QED) is 0.513. The van der Waals surface area contributed by atoms with Gasteiger partial charge in [-0.2, -0.15) is 13.2 Å². The topological polar surface area (TPSA) is 69.2 Å². The number of piperidine rings is 1. The van der Waals surface area contributed by atoms with E-state index in [9.17, 15) is 18.0 Å². The number of alkyl halides is 3. The molecule has 2 N–H and O–H groups in total. The molecule has 174 valence electrons. The maximum absolute atomic E-state index is 12.5. The molecule has 0 aromatic heterocycles. The van der Waals surface area contributed by atoms with Crippen LogP contribution < -0.4 is 10.6 Å². The van der Waals surface area contributed by atoms with Crippen LogP contribution in [0, 0.1) is 5.92 Å². The van der Waals surface area contributed by atoms with E-state index in [1.807, 2.05) is 20.8 Å². The van der Waals surface area contributed by atoms with Crippen LogP contribution in [0.3, 0.4) is 0 Å². The van der Waals surface area contributed by atoms with Crippen LogP contribution in [0.5, 0.6) is 0 Å². The normalized spacial score (nSPS) is 22.3. The van der Waals surface area contributed by atoms with Crippen LogP contribution in [0.25, 0.3) is 0 Å². The summed E-state index contributed by atoms with van der Waals surface area (Å²) in [5, 5.41) is 6.26. The average Bonchev–Trinajstić information content (AvgIpc) is 3.05. The molecule has 0 bridgehead atoms. The number of nitrogens with one attached hydrogen (secondary N) is 2. The summed E-state index contributed by atoms with van der Waals surface area (Å²) in [7, 11) is 1.73. The van der Waals surface area contributed by atoms with Crippen LogP contribution in [-0.4, -0.2) is 86.0 Å². The van der Waals surface area contributed by atoms with Gasteiger partial charge in [-0.05, 0) is 65.5 Å². The van der Waals surface area contributed by atoms with E-state index in [-0.39, 0.29) is 6.04 Å². The van der Waals surface area contributed by atoms with Crippen LogP contribution in [-0.2, 0) is 4.74 Å². The molecule has 10 heteroatoms. The third-order valence-electron chi connectivity index (χ3n) is 5.37. The molecular weight excluding hydrogens is 399 g/mol. The second kappa shape index (κ2) is 10.5. The number of halogens is 3. The van der Waals surface area contributed by atoms with Gasteiger partial charge in [-0.15, -0.1) is 0 Å². The zero-order valence-electron chi connectivity index (χ0n) is 18.5. The largest absolute Gasteiger partial charge is 0.444 e. The number of hydrogen-bond acceptors (Lipinski definition) is 4. The van der Waals surface area contributed by atoms with Crippen molar-refractivity contribution in [3.05, 3.63) is 0 Å². The molecule has 0 aromatic carbocycles. The summed E-state index contributed by atoms with van der Waals surface area (Å²) >= 11 is 0. The Hall–Kier alpha value is -1.71. The zero-order chi connectivity index (χ0) is 22.4. The Kier molecular flexibility index (Phi) is 8.63. The predicted molar refractivity (Wildman–Crippen MR) is 111 cm³/mol. The molecule has 2 rings (SSSR count). The van der Waals surface area contributed by atoms with E-state index in [0.29, 0.717) is 25.6 Å². The number of guanidine groups is 1. The van der Waals surface area contributed by atoms with Gasteiger partial charge in [-0.3, -0.25) is 9.89 Å². The summed E-state index contributed by atoms with van der Waals surface area (Å²) < 4.78 is 42.8. The molecule has 0 saturated carbocycles. The van der Waals surface area contributed by atoms with Gasteiger partial charge >= 0.3 is 12.3 Å². The standard InChI is InChI=1S/C20H36F3N5O2/c1-19(2,3)30-18(29)26-16-8-12-28(13-16)17(24-4)25-9-5-15-6-10-27(11-7-15)14-20(21,22)23/h15-16H,5-14H2,1-4H3,(H,24,25)(H,26,29)/t16-/m1/s1. The number of carbonyl (C=O) groups excluding carboxylic acids is 1. The number of alkyl carbamates (subject to hydrolysis) is 1. The first-order valence-electron chi connectivity index (χ1n) is 10.7. The third kappa shape index (κ3) is 8.97. The van der Waals surface area contributed by atoms with Gasteiger partial charge in [0.15, 0.2) is 5.96 Å². The van der Waals surface area contributed by atoms with E-state index in [4.69, 9.17) is 4.74 Å². The highest BCUT2D eigenvalue weighted by atomic mass is 19.4. The lowest BCUT2D eigenvalue weighted by molar-refractivity contribution is -0.148. The van der Waals surface area contributed by atoms with Crippen LogP contribution in [0.15, 0.2) is 4.99 Å². The summed E-state index contributed by atoms with van der Waals surface area (Å²) in [6.07, 6.45) is -1.21. The fourth-order valence-electron chi connectivity index (χ4n) is 3.95. The summed E-state index contributed by atoms with van der Waals surface area (Å²) in [5.41, 5.74) is -0.525. The van der Waals surface area contributed by atoms with Crippen molar-refractivity contribution in [3.63, 3.8) is 0 Å². The fraction of sp³-hybridized carbons (Fsp3) is 0.900. The summed E-state index contributed by atoms with van der Waals surface area (Å²) in [6.45, 7) is 7.88. The number of likely N-dealkylation sites (tertiary alicyclic amines) is 2. The van der Waals surface area contributed by atoms with Gasteiger partial charge in [0.05, 0.1) is 12.6 Å². The molecule has 7 nitrogen and oxygen atoms in total. The van der Waals surface area contributed by atoms with Crippen molar-refractivity contribution in [2.24, 2.45) is 10.9 Å². The molecule has 0 radical (unpaired) electrons. The highest BCUT2D eigenvalue weighted by molar-refractivity contribution is 5.80. The van der Waals surface area contributed by atoms with Crippen LogP contribution in [0.1, 0.15) is 46.5 Å². The average molecular weight is 436 g/mol.